The van der Waals surface area contributed by atoms with Crippen LogP contribution in [0, 0.1) is 13.8 Å². The minimum atomic E-state index is 0.683. The van der Waals surface area contributed by atoms with Gasteiger partial charge in [0, 0.05) is 11.7 Å². The van der Waals surface area contributed by atoms with Gasteiger partial charge in [0.05, 0.1) is 6.61 Å². The van der Waals surface area contributed by atoms with Crippen molar-refractivity contribution >= 4 is 5.69 Å². The summed E-state index contributed by atoms with van der Waals surface area (Å²) in [6, 6.07) is 4.65. The number of hydrogen-bond acceptors (Lipinski definition) is 3. The number of nitrogen functional groups attached to an aromatic ring is 1. The molecule has 1 aliphatic rings. The van der Waals surface area contributed by atoms with Gasteiger partial charge in [-0.15, -0.1) is 0 Å². The lowest BCUT2D eigenvalue weighted by Crippen LogP contribution is -2.37. The third-order valence-corrected chi connectivity index (χ3v) is 4.10. The molecule has 0 saturated carbocycles. The van der Waals surface area contributed by atoms with Crippen molar-refractivity contribution < 1.29 is 4.74 Å². The predicted molar refractivity (Wildman–Crippen MR) is 80.7 cm³/mol. The molecular weight excluding hydrogens is 236 g/mol. The Hall–Kier alpha value is -1.22. The van der Waals surface area contributed by atoms with Crippen LogP contribution < -0.4 is 10.5 Å². The van der Waals surface area contributed by atoms with E-state index >= 15 is 0 Å². The van der Waals surface area contributed by atoms with Crippen molar-refractivity contribution in [3.05, 3.63) is 23.3 Å². The maximum absolute atomic E-state index is 5.99. The fourth-order valence-corrected chi connectivity index (χ4v) is 3.02. The largest absolute Gasteiger partial charge is 0.493 e. The summed E-state index contributed by atoms with van der Waals surface area (Å²) in [5, 5.41) is 0. The summed E-state index contributed by atoms with van der Waals surface area (Å²) in [7, 11) is 2.23. The lowest BCUT2D eigenvalue weighted by atomic mass is 10.0. The molecule has 1 saturated heterocycles. The zero-order valence-electron chi connectivity index (χ0n) is 12.4. The average Bonchev–Trinajstić information content (AvgIpc) is 2.34. The molecule has 1 unspecified atom stereocenters. The maximum atomic E-state index is 5.99. The number of aryl methyl sites for hydroxylation is 2. The van der Waals surface area contributed by atoms with Crippen LogP contribution >= 0.6 is 0 Å². The minimum Gasteiger partial charge on any atom is -0.493 e. The van der Waals surface area contributed by atoms with E-state index in [2.05, 4.69) is 25.8 Å². The molecule has 0 aliphatic carbocycles. The number of ether oxygens (including phenoxy) is 1. The van der Waals surface area contributed by atoms with Crippen LogP contribution in [0.1, 0.15) is 36.8 Å². The van der Waals surface area contributed by atoms with Crippen LogP contribution in [0.25, 0.3) is 0 Å². The van der Waals surface area contributed by atoms with Crippen LogP contribution in [-0.4, -0.2) is 31.1 Å². The quantitative estimate of drug-likeness (QED) is 0.847. The summed E-state index contributed by atoms with van der Waals surface area (Å²) in [6.45, 7) is 6.14. The summed E-state index contributed by atoms with van der Waals surface area (Å²) < 4.78 is 5.99. The summed E-state index contributed by atoms with van der Waals surface area (Å²) in [5.74, 6) is 1.01. The lowest BCUT2D eigenvalue weighted by molar-refractivity contribution is 0.152. The third-order valence-electron chi connectivity index (χ3n) is 4.10. The summed E-state index contributed by atoms with van der Waals surface area (Å²) in [6.07, 6.45) is 5.11. The van der Waals surface area contributed by atoms with Crippen LogP contribution in [0.2, 0.25) is 0 Å². The molecule has 0 bridgehead atoms. The number of likely N-dealkylation sites (tertiary alicyclic amines) is 1. The molecular formula is C16H26N2O. The molecule has 1 atom stereocenters. The monoisotopic (exact) mass is 262 g/mol. The predicted octanol–water partition coefficient (Wildman–Crippen LogP) is 3.14. The van der Waals surface area contributed by atoms with Crippen LogP contribution in [-0.2, 0) is 0 Å². The van der Waals surface area contributed by atoms with Crippen LogP contribution in [0.5, 0.6) is 5.75 Å². The number of nitrogens with zero attached hydrogens (tertiary/aromatic N) is 1. The molecule has 1 aromatic rings. The van der Waals surface area contributed by atoms with E-state index in [1.807, 2.05) is 12.1 Å². The number of nitrogens with two attached hydrogens (primary N) is 1. The van der Waals surface area contributed by atoms with Crippen molar-refractivity contribution in [3.8, 4) is 5.75 Å². The Kier molecular flexibility index (Phi) is 4.70. The van der Waals surface area contributed by atoms with Gasteiger partial charge in [0.2, 0.25) is 0 Å². The van der Waals surface area contributed by atoms with Gasteiger partial charge in [-0.25, -0.2) is 0 Å². The van der Waals surface area contributed by atoms with E-state index in [1.165, 1.54) is 25.8 Å². The molecule has 0 aromatic heterocycles. The first-order chi connectivity index (χ1) is 9.08. The van der Waals surface area contributed by atoms with Crippen molar-refractivity contribution in [2.45, 2.75) is 45.6 Å². The van der Waals surface area contributed by atoms with Gasteiger partial charge in [-0.2, -0.15) is 0 Å². The van der Waals surface area contributed by atoms with Crippen LogP contribution in [0.3, 0.4) is 0 Å². The fourth-order valence-electron chi connectivity index (χ4n) is 3.02. The normalized spacial score (nSPS) is 20.5. The third kappa shape index (κ3) is 3.63. The number of hydrogen-bond donors (Lipinski definition) is 1. The first-order valence-electron chi connectivity index (χ1n) is 7.27. The molecule has 2 rings (SSSR count). The van der Waals surface area contributed by atoms with Gasteiger partial charge in [0.15, 0.2) is 0 Å². The number of anilines is 1. The molecule has 19 heavy (non-hydrogen) atoms. The Balaban J connectivity index is 1.89. The zero-order valence-corrected chi connectivity index (χ0v) is 12.4. The van der Waals surface area contributed by atoms with Gasteiger partial charge in [-0.3, -0.25) is 0 Å². The van der Waals surface area contributed by atoms with Crippen molar-refractivity contribution in [1.29, 1.82) is 0 Å². The molecule has 0 amide bonds. The minimum absolute atomic E-state index is 0.683. The van der Waals surface area contributed by atoms with Crippen LogP contribution in [0.4, 0.5) is 5.69 Å². The Morgan fingerprint density at radius 1 is 1.26 bits per heavy atom. The number of rotatable bonds is 4. The number of piperidine rings is 1. The Labute approximate surface area is 116 Å². The molecule has 1 aromatic carbocycles. The standard InChI is InChI=1S/C16H26N2O/c1-12-10-14(17)11-13(2)16(12)19-9-7-15-6-4-5-8-18(15)3/h10-11,15H,4-9,17H2,1-3H3. The Morgan fingerprint density at radius 3 is 2.58 bits per heavy atom. The second kappa shape index (κ2) is 6.29. The van der Waals surface area contributed by atoms with Crippen molar-refractivity contribution in [2.75, 3.05) is 25.9 Å². The Bertz CT molecular complexity index is 408. The highest BCUT2D eigenvalue weighted by atomic mass is 16.5. The first-order valence-corrected chi connectivity index (χ1v) is 7.27. The second-order valence-corrected chi connectivity index (χ2v) is 5.75. The van der Waals surface area contributed by atoms with E-state index < -0.39 is 0 Å². The van der Waals surface area contributed by atoms with Gasteiger partial charge < -0.3 is 15.4 Å². The molecule has 0 radical (unpaired) electrons. The van der Waals surface area contributed by atoms with Crippen molar-refractivity contribution in [3.63, 3.8) is 0 Å². The van der Waals surface area contributed by atoms with Crippen molar-refractivity contribution in [2.24, 2.45) is 0 Å². The van der Waals surface area contributed by atoms with Crippen molar-refractivity contribution in [1.82, 2.24) is 4.90 Å². The average molecular weight is 262 g/mol. The molecule has 2 N–H and O–H groups in total. The highest BCUT2D eigenvalue weighted by Gasteiger charge is 2.18. The van der Waals surface area contributed by atoms with E-state index in [1.54, 1.807) is 0 Å². The molecule has 0 spiro atoms. The summed E-state index contributed by atoms with van der Waals surface area (Å²) in [4.78, 5) is 2.47. The first kappa shape index (κ1) is 14.2. The van der Waals surface area contributed by atoms with E-state index in [4.69, 9.17) is 10.5 Å². The van der Waals surface area contributed by atoms with Crippen LogP contribution in [0.15, 0.2) is 12.1 Å². The number of benzene rings is 1. The van der Waals surface area contributed by atoms with Gasteiger partial charge in [-0.1, -0.05) is 6.42 Å². The van der Waals surface area contributed by atoms with Gasteiger partial charge >= 0.3 is 0 Å². The zero-order chi connectivity index (χ0) is 13.8. The van der Waals surface area contributed by atoms with E-state index in [-0.39, 0.29) is 0 Å². The van der Waals surface area contributed by atoms with Gasteiger partial charge in [0.25, 0.3) is 0 Å². The smallest absolute Gasteiger partial charge is 0.125 e. The molecule has 106 valence electrons. The Morgan fingerprint density at radius 2 is 1.95 bits per heavy atom. The molecule has 3 heteroatoms. The van der Waals surface area contributed by atoms with Gasteiger partial charge in [-0.05, 0) is 70.0 Å². The van der Waals surface area contributed by atoms with Gasteiger partial charge in [0.1, 0.15) is 5.75 Å². The highest BCUT2D eigenvalue weighted by Crippen LogP contribution is 2.26. The second-order valence-electron chi connectivity index (χ2n) is 5.75. The summed E-state index contributed by atoms with van der Waals surface area (Å²) >= 11 is 0. The van der Waals surface area contributed by atoms with E-state index in [0.717, 1.165) is 35.6 Å². The summed E-state index contributed by atoms with van der Waals surface area (Å²) in [5.41, 5.74) is 8.91. The topological polar surface area (TPSA) is 38.5 Å². The fraction of sp³-hybridized carbons (Fsp3) is 0.625. The van der Waals surface area contributed by atoms with E-state index in [9.17, 15) is 0 Å². The highest BCUT2D eigenvalue weighted by molar-refractivity contribution is 5.52. The lowest BCUT2D eigenvalue weighted by Gasteiger charge is -2.32. The molecule has 1 heterocycles. The molecule has 1 aliphatic heterocycles. The SMILES string of the molecule is Cc1cc(N)cc(C)c1OCCC1CCCCN1C. The van der Waals surface area contributed by atoms with E-state index in [0.29, 0.717) is 6.04 Å². The molecule has 3 nitrogen and oxygen atoms in total. The molecule has 1 fully saturated rings. The maximum Gasteiger partial charge on any atom is 0.125 e.